The van der Waals surface area contributed by atoms with Gasteiger partial charge in [-0.25, -0.2) is 10.2 Å². The van der Waals surface area contributed by atoms with E-state index >= 15 is 0 Å². The molecule has 124 valence electrons. The number of nitrogens with zero attached hydrogens (tertiary/aromatic N) is 1. The summed E-state index contributed by atoms with van der Waals surface area (Å²) in [5, 5.41) is 3.93. The molecule has 0 bridgehead atoms. The predicted octanol–water partition coefficient (Wildman–Crippen LogP) is 2.31. The highest BCUT2D eigenvalue weighted by Gasteiger charge is 2.03. The lowest BCUT2D eigenvalue weighted by Crippen LogP contribution is -2.17. The molecule has 1 N–H and O–H groups in total. The van der Waals surface area contributed by atoms with Crippen LogP contribution in [0.2, 0.25) is 0 Å². The number of nitrogens with one attached hydrogen (secondary N) is 1. The minimum absolute atomic E-state index is 0.142. The lowest BCUT2D eigenvalue weighted by atomic mass is 10.1. The highest BCUT2D eigenvalue weighted by molar-refractivity contribution is 5.95. The maximum atomic E-state index is 11.9. The van der Waals surface area contributed by atoms with Gasteiger partial charge in [0.2, 0.25) is 0 Å². The van der Waals surface area contributed by atoms with Crippen molar-refractivity contribution in [2.45, 2.75) is 6.92 Å². The molecule has 0 aliphatic carbocycles. The third-order valence-corrected chi connectivity index (χ3v) is 3.12. The molecule has 0 atom stereocenters. The van der Waals surface area contributed by atoms with Crippen molar-refractivity contribution in [2.75, 3.05) is 13.7 Å². The van der Waals surface area contributed by atoms with Gasteiger partial charge in [-0.1, -0.05) is 17.7 Å². The molecule has 0 saturated heterocycles. The van der Waals surface area contributed by atoms with E-state index in [1.54, 1.807) is 36.4 Å². The van der Waals surface area contributed by atoms with Gasteiger partial charge < -0.3 is 9.47 Å². The Labute approximate surface area is 140 Å². The van der Waals surface area contributed by atoms with E-state index in [1.165, 1.54) is 13.3 Å². The number of hydrogen-bond donors (Lipinski definition) is 1. The van der Waals surface area contributed by atoms with Crippen molar-refractivity contribution in [2.24, 2.45) is 5.10 Å². The van der Waals surface area contributed by atoms with Crippen LogP contribution in [0.15, 0.2) is 53.6 Å². The van der Waals surface area contributed by atoms with Crippen LogP contribution in [0.4, 0.5) is 0 Å². The van der Waals surface area contributed by atoms with E-state index in [4.69, 9.17) is 4.74 Å². The minimum atomic E-state index is -0.445. The van der Waals surface area contributed by atoms with Crippen molar-refractivity contribution in [1.82, 2.24) is 5.43 Å². The van der Waals surface area contributed by atoms with Crippen LogP contribution in [0.5, 0.6) is 5.75 Å². The van der Waals surface area contributed by atoms with Crippen LogP contribution in [0.3, 0.4) is 0 Å². The van der Waals surface area contributed by atoms with Crippen molar-refractivity contribution in [3.8, 4) is 5.75 Å². The maximum absolute atomic E-state index is 11.9. The molecule has 0 radical (unpaired) electrons. The first kappa shape index (κ1) is 17.2. The van der Waals surface area contributed by atoms with Crippen LogP contribution in [0.1, 0.15) is 21.5 Å². The third kappa shape index (κ3) is 5.24. The van der Waals surface area contributed by atoms with Gasteiger partial charge in [-0.2, -0.15) is 5.10 Å². The second kappa shape index (κ2) is 8.47. The van der Waals surface area contributed by atoms with Gasteiger partial charge in [-0.05, 0) is 48.9 Å². The predicted molar refractivity (Wildman–Crippen MR) is 90.2 cm³/mol. The number of aryl methyl sites for hydroxylation is 1. The first-order valence-electron chi connectivity index (χ1n) is 7.28. The molecule has 0 heterocycles. The Morgan fingerprint density at radius 1 is 1.17 bits per heavy atom. The fourth-order valence-corrected chi connectivity index (χ4v) is 1.87. The molecule has 2 rings (SSSR count). The number of esters is 1. The molecule has 2 aromatic rings. The lowest BCUT2D eigenvalue weighted by molar-refractivity contribution is -0.142. The highest BCUT2D eigenvalue weighted by atomic mass is 16.6. The molecule has 6 heteroatoms. The average molecular weight is 326 g/mol. The van der Waals surface area contributed by atoms with Crippen LogP contribution >= 0.6 is 0 Å². The Hall–Kier alpha value is -3.15. The number of rotatable bonds is 6. The standard InChI is InChI=1S/C18H18N2O4/c1-13-4-3-5-15(10-13)18(22)20-19-11-14-6-8-16(9-7-14)24-12-17(21)23-2/h3-11H,12H2,1-2H3,(H,20,22). The fraction of sp³-hybridized carbons (Fsp3) is 0.167. The molecule has 0 unspecified atom stereocenters. The van der Waals surface area contributed by atoms with Gasteiger partial charge in [0.05, 0.1) is 13.3 Å². The Bertz CT molecular complexity index is 739. The van der Waals surface area contributed by atoms with Gasteiger partial charge >= 0.3 is 5.97 Å². The summed E-state index contributed by atoms with van der Waals surface area (Å²) < 4.78 is 9.73. The van der Waals surface area contributed by atoms with E-state index in [0.717, 1.165) is 11.1 Å². The Kier molecular flexibility index (Phi) is 6.08. The van der Waals surface area contributed by atoms with Gasteiger partial charge in [0.25, 0.3) is 5.91 Å². The number of ether oxygens (including phenoxy) is 2. The zero-order valence-electron chi connectivity index (χ0n) is 13.5. The fourth-order valence-electron chi connectivity index (χ4n) is 1.87. The van der Waals surface area contributed by atoms with Crippen LogP contribution in [-0.4, -0.2) is 31.8 Å². The molecule has 0 fully saturated rings. The van der Waals surface area contributed by atoms with Crippen LogP contribution < -0.4 is 10.2 Å². The number of hydrazone groups is 1. The Balaban J connectivity index is 1.88. The summed E-state index contributed by atoms with van der Waals surface area (Å²) in [5.74, 6) is -0.172. The summed E-state index contributed by atoms with van der Waals surface area (Å²) >= 11 is 0. The quantitative estimate of drug-likeness (QED) is 0.502. The molecular formula is C18H18N2O4. The smallest absolute Gasteiger partial charge is 0.343 e. The maximum Gasteiger partial charge on any atom is 0.343 e. The molecule has 0 spiro atoms. The molecule has 0 saturated carbocycles. The molecular weight excluding hydrogens is 308 g/mol. The average Bonchev–Trinajstić information content (AvgIpc) is 2.60. The molecule has 6 nitrogen and oxygen atoms in total. The topological polar surface area (TPSA) is 77.0 Å². The number of carbonyl (C=O) groups excluding carboxylic acids is 2. The van der Waals surface area contributed by atoms with Crippen LogP contribution in [-0.2, 0) is 9.53 Å². The summed E-state index contributed by atoms with van der Waals surface area (Å²) in [6.45, 7) is 1.78. The zero-order chi connectivity index (χ0) is 17.4. The van der Waals surface area contributed by atoms with Gasteiger partial charge in [0.15, 0.2) is 6.61 Å². The summed E-state index contributed by atoms with van der Waals surface area (Å²) in [5.41, 5.74) is 4.82. The highest BCUT2D eigenvalue weighted by Crippen LogP contribution is 2.11. The largest absolute Gasteiger partial charge is 0.482 e. The monoisotopic (exact) mass is 326 g/mol. The number of carbonyl (C=O) groups is 2. The summed E-state index contributed by atoms with van der Waals surface area (Å²) in [6.07, 6.45) is 1.53. The molecule has 0 aliphatic heterocycles. The lowest BCUT2D eigenvalue weighted by Gasteiger charge is -2.04. The van der Waals surface area contributed by atoms with E-state index in [0.29, 0.717) is 11.3 Å². The zero-order valence-corrected chi connectivity index (χ0v) is 13.5. The summed E-state index contributed by atoms with van der Waals surface area (Å²) in [6, 6.07) is 14.2. The molecule has 1 amide bonds. The number of amides is 1. The molecule has 2 aromatic carbocycles. The van der Waals surface area contributed by atoms with Crippen molar-refractivity contribution >= 4 is 18.1 Å². The van der Waals surface area contributed by atoms with Gasteiger partial charge in [0.1, 0.15) is 5.75 Å². The second-order valence-electron chi connectivity index (χ2n) is 5.00. The normalized spacial score (nSPS) is 10.4. The number of benzene rings is 2. The Morgan fingerprint density at radius 3 is 2.58 bits per heavy atom. The molecule has 0 aromatic heterocycles. The SMILES string of the molecule is COC(=O)COc1ccc(C=NNC(=O)c2cccc(C)c2)cc1. The van der Waals surface area contributed by atoms with Gasteiger partial charge in [-0.3, -0.25) is 4.79 Å². The summed E-state index contributed by atoms with van der Waals surface area (Å²) in [7, 11) is 1.30. The van der Waals surface area contributed by atoms with Crippen molar-refractivity contribution in [3.63, 3.8) is 0 Å². The van der Waals surface area contributed by atoms with Crippen molar-refractivity contribution in [3.05, 3.63) is 65.2 Å². The number of methoxy groups -OCH3 is 1. The summed E-state index contributed by atoms with van der Waals surface area (Å²) in [4.78, 5) is 22.9. The van der Waals surface area contributed by atoms with Gasteiger partial charge in [-0.15, -0.1) is 0 Å². The molecule has 0 aliphatic rings. The number of hydrogen-bond acceptors (Lipinski definition) is 5. The third-order valence-electron chi connectivity index (χ3n) is 3.12. The second-order valence-corrected chi connectivity index (χ2v) is 5.00. The Morgan fingerprint density at radius 2 is 1.92 bits per heavy atom. The minimum Gasteiger partial charge on any atom is -0.482 e. The van der Waals surface area contributed by atoms with Gasteiger partial charge in [0, 0.05) is 5.56 Å². The van der Waals surface area contributed by atoms with E-state index < -0.39 is 5.97 Å². The van der Waals surface area contributed by atoms with Crippen LogP contribution in [0, 0.1) is 6.92 Å². The van der Waals surface area contributed by atoms with E-state index in [9.17, 15) is 9.59 Å². The van der Waals surface area contributed by atoms with E-state index in [1.807, 2.05) is 19.1 Å². The van der Waals surface area contributed by atoms with Crippen LogP contribution in [0.25, 0.3) is 0 Å². The molecule has 24 heavy (non-hydrogen) atoms. The van der Waals surface area contributed by atoms with E-state index in [-0.39, 0.29) is 12.5 Å². The van der Waals surface area contributed by atoms with Crippen molar-refractivity contribution in [1.29, 1.82) is 0 Å². The van der Waals surface area contributed by atoms with E-state index in [2.05, 4.69) is 15.3 Å². The van der Waals surface area contributed by atoms with Crippen molar-refractivity contribution < 1.29 is 19.1 Å². The first-order valence-corrected chi connectivity index (χ1v) is 7.28. The first-order chi connectivity index (χ1) is 11.6.